The van der Waals surface area contributed by atoms with Gasteiger partial charge in [0.2, 0.25) is 0 Å². The molecule has 1 unspecified atom stereocenters. The van der Waals surface area contributed by atoms with Crippen LogP contribution in [0.3, 0.4) is 0 Å². The summed E-state index contributed by atoms with van der Waals surface area (Å²) in [7, 11) is 0. The molecule has 0 radical (unpaired) electrons. The molecule has 1 N–H and O–H groups in total. The average Bonchev–Trinajstić information content (AvgIpc) is 2.65. The fourth-order valence-corrected chi connectivity index (χ4v) is 3.54. The van der Waals surface area contributed by atoms with Crippen LogP contribution in [0, 0.1) is 6.92 Å². The Morgan fingerprint density at radius 3 is 3.00 bits per heavy atom. The average molecular weight is 266 g/mol. The standard InChI is InChI=1S/C15H26N2S/c1-13-6-4-3-5-10-17(13)11-9-16-12-15-8-7-14(2)18-15/h7-8,13,16H,3-6,9-12H2,1-2H3. The van der Waals surface area contributed by atoms with E-state index in [4.69, 9.17) is 0 Å². The molecule has 3 heteroatoms. The first-order chi connectivity index (χ1) is 8.75. The summed E-state index contributed by atoms with van der Waals surface area (Å²) in [4.78, 5) is 5.52. The topological polar surface area (TPSA) is 15.3 Å². The summed E-state index contributed by atoms with van der Waals surface area (Å²) in [6.07, 6.45) is 5.60. The maximum absolute atomic E-state index is 3.57. The van der Waals surface area contributed by atoms with Crippen LogP contribution in [0.1, 0.15) is 42.4 Å². The Kier molecular flexibility index (Phi) is 5.67. The van der Waals surface area contributed by atoms with E-state index in [1.165, 1.54) is 48.5 Å². The van der Waals surface area contributed by atoms with Crippen molar-refractivity contribution in [2.45, 2.75) is 52.1 Å². The van der Waals surface area contributed by atoms with Gasteiger partial charge < -0.3 is 5.32 Å². The zero-order valence-corrected chi connectivity index (χ0v) is 12.6. The number of hydrogen-bond acceptors (Lipinski definition) is 3. The number of hydrogen-bond donors (Lipinski definition) is 1. The summed E-state index contributed by atoms with van der Waals surface area (Å²) in [6.45, 7) is 9.19. The van der Waals surface area contributed by atoms with Crippen molar-refractivity contribution in [3.05, 3.63) is 21.9 Å². The van der Waals surface area contributed by atoms with Crippen LogP contribution >= 0.6 is 11.3 Å². The molecule has 2 nitrogen and oxygen atoms in total. The zero-order valence-electron chi connectivity index (χ0n) is 11.7. The van der Waals surface area contributed by atoms with Crippen molar-refractivity contribution in [3.63, 3.8) is 0 Å². The van der Waals surface area contributed by atoms with Gasteiger partial charge in [0, 0.05) is 35.4 Å². The van der Waals surface area contributed by atoms with Crippen LogP contribution in [-0.2, 0) is 6.54 Å². The monoisotopic (exact) mass is 266 g/mol. The maximum atomic E-state index is 3.57. The van der Waals surface area contributed by atoms with Gasteiger partial charge in [-0.05, 0) is 45.4 Å². The second kappa shape index (κ2) is 7.27. The molecule has 1 aromatic heterocycles. The summed E-state index contributed by atoms with van der Waals surface area (Å²) in [5, 5.41) is 3.57. The molecule has 18 heavy (non-hydrogen) atoms. The van der Waals surface area contributed by atoms with Gasteiger partial charge in [-0.15, -0.1) is 11.3 Å². The highest BCUT2D eigenvalue weighted by molar-refractivity contribution is 7.11. The molecule has 102 valence electrons. The SMILES string of the molecule is Cc1ccc(CNCCN2CCCCCC2C)s1. The smallest absolute Gasteiger partial charge is 0.0300 e. The van der Waals surface area contributed by atoms with Gasteiger partial charge in [0.15, 0.2) is 0 Å². The molecule has 1 fully saturated rings. The lowest BCUT2D eigenvalue weighted by atomic mass is 10.1. The zero-order chi connectivity index (χ0) is 12.8. The largest absolute Gasteiger partial charge is 0.311 e. The van der Waals surface area contributed by atoms with E-state index in [0.29, 0.717) is 0 Å². The molecule has 0 spiro atoms. The number of nitrogens with one attached hydrogen (secondary N) is 1. The van der Waals surface area contributed by atoms with Crippen molar-refractivity contribution in [1.82, 2.24) is 10.2 Å². The molecule has 2 rings (SSSR count). The van der Waals surface area contributed by atoms with Gasteiger partial charge in [0.05, 0.1) is 0 Å². The second-order valence-electron chi connectivity index (χ2n) is 5.42. The molecule has 1 aliphatic heterocycles. The molecule has 0 aromatic carbocycles. The number of aryl methyl sites for hydroxylation is 1. The molecule has 0 aliphatic carbocycles. The summed E-state index contributed by atoms with van der Waals surface area (Å²) < 4.78 is 0. The van der Waals surface area contributed by atoms with Gasteiger partial charge in [-0.3, -0.25) is 4.90 Å². The molecule has 0 amide bonds. The highest BCUT2D eigenvalue weighted by atomic mass is 32.1. The third kappa shape index (κ3) is 4.38. The summed E-state index contributed by atoms with van der Waals surface area (Å²) in [5.41, 5.74) is 0. The van der Waals surface area contributed by atoms with E-state index in [2.05, 4.69) is 36.2 Å². The van der Waals surface area contributed by atoms with Crippen molar-refractivity contribution in [1.29, 1.82) is 0 Å². The van der Waals surface area contributed by atoms with E-state index in [1.807, 2.05) is 11.3 Å². The summed E-state index contributed by atoms with van der Waals surface area (Å²) >= 11 is 1.90. The third-order valence-corrected chi connectivity index (χ3v) is 4.86. The Bertz CT molecular complexity index is 348. The normalized spacial score (nSPS) is 22.0. The van der Waals surface area contributed by atoms with Crippen LogP contribution in [0.25, 0.3) is 0 Å². The predicted molar refractivity (Wildman–Crippen MR) is 80.3 cm³/mol. The van der Waals surface area contributed by atoms with E-state index in [-0.39, 0.29) is 0 Å². The van der Waals surface area contributed by atoms with E-state index in [1.54, 1.807) is 0 Å². The summed E-state index contributed by atoms with van der Waals surface area (Å²) in [6, 6.07) is 5.22. The molecule has 2 heterocycles. The first-order valence-corrected chi connectivity index (χ1v) is 8.07. The van der Waals surface area contributed by atoms with Crippen LogP contribution in [0.5, 0.6) is 0 Å². The maximum Gasteiger partial charge on any atom is 0.0300 e. The lowest BCUT2D eigenvalue weighted by molar-refractivity contribution is 0.214. The Morgan fingerprint density at radius 1 is 1.33 bits per heavy atom. The van der Waals surface area contributed by atoms with Crippen LogP contribution in [0.2, 0.25) is 0 Å². The van der Waals surface area contributed by atoms with E-state index in [9.17, 15) is 0 Å². The minimum absolute atomic E-state index is 0.776. The molecule has 1 atom stereocenters. The Labute approximate surface area is 115 Å². The number of thiophene rings is 1. The van der Waals surface area contributed by atoms with Gasteiger partial charge in [0.25, 0.3) is 0 Å². The molecule has 0 bridgehead atoms. The third-order valence-electron chi connectivity index (χ3n) is 3.86. The molecular weight excluding hydrogens is 240 g/mol. The Balaban J connectivity index is 1.65. The second-order valence-corrected chi connectivity index (χ2v) is 6.80. The van der Waals surface area contributed by atoms with Crippen LogP contribution in [0.4, 0.5) is 0 Å². The van der Waals surface area contributed by atoms with Gasteiger partial charge in [-0.2, -0.15) is 0 Å². The fourth-order valence-electron chi connectivity index (χ4n) is 2.68. The van der Waals surface area contributed by atoms with E-state index in [0.717, 1.165) is 19.1 Å². The van der Waals surface area contributed by atoms with Gasteiger partial charge in [0.1, 0.15) is 0 Å². The minimum atomic E-state index is 0.776. The van der Waals surface area contributed by atoms with Gasteiger partial charge in [-0.25, -0.2) is 0 Å². The van der Waals surface area contributed by atoms with Crippen LogP contribution < -0.4 is 5.32 Å². The molecular formula is C15H26N2S. The van der Waals surface area contributed by atoms with Crippen LogP contribution in [0.15, 0.2) is 12.1 Å². The first-order valence-electron chi connectivity index (χ1n) is 7.26. The number of rotatable bonds is 5. The Hall–Kier alpha value is -0.380. The summed E-state index contributed by atoms with van der Waals surface area (Å²) in [5.74, 6) is 0. The molecule has 1 saturated heterocycles. The molecule has 1 aliphatic rings. The highest BCUT2D eigenvalue weighted by Crippen LogP contribution is 2.16. The predicted octanol–water partition coefficient (Wildman–Crippen LogP) is 3.41. The van der Waals surface area contributed by atoms with Gasteiger partial charge in [-0.1, -0.05) is 12.8 Å². The van der Waals surface area contributed by atoms with Crippen molar-refractivity contribution in [3.8, 4) is 0 Å². The van der Waals surface area contributed by atoms with Crippen molar-refractivity contribution in [2.75, 3.05) is 19.6 Å². The van der Waals surface area contributed by atoms with Crippen molar-refractivity contribution < 1.29 is 0 Å². The van der Waals surface area contributed by atoms with E-state index < -0.39 is 0 Å². The lowest BCUT2D eigenvalue weighted by Crippen LogP contribution is -2.37. The molecule has 1 aromatic rings. The Morgan fingerprint density at radius 2 is 2.22 bits per heavy atom. The number of likely N-dealkylation sites (tertiary alicyclic amines) is 1. The van der Waals surface area contributed by atoms with Crippen LogP contribution in [-0.4, -0.2) is 30.6 Å². The molecule has 0 saturated carbocycles. The van der Waals surface area contributed by atoms with Gasteiger partial charge >= 0.3 is 0 Å². The lowest BCUT2D eigenvalue weighted by Gasteiger charge is -2.26. The van der Waals surface area contributed by atoms with Crippen molar-refractivity contribution >= 4 is 11.3 Å². The minimum Gasteiger partial charge on any atom is -0.311 e. The number of nitrogens with zero attached hydrogens (tertiary/aromatic N) is 1. The first kappa shape index (κ1) is 14.0. The van der Waals surface area contributed by atoms with Crippen molar-refractivity contribution in [2.24, 2.45) is 0 Å². The highest BCUT2D eigenvalue weighted by Gasteiger charge is 2.15. The fraction of sp³-hybridized carbons (Fsp3) is 0.733. The van der Waals surface area contributed by atoms with E-state index >= 15 is 0 Å². The quantitative estimate of drug-likeness (QED) is 0.822.